The van der Waals surface area contributed by atoms with E-state index in [0.29, 0.717) is 0 Å². The summed E-state index contributed by atoms with van der Waals surface area (Å²) in [5, 5.41) is 8.46. The molecule has 9 aromatic carbocycles. The number of hydrogen-bond donors (Lipinski definition) is 0. The number of rotatable bonds is 4. The normalized spacial score (nSPS) is 13.2. The van der Waals surface area contributed by atoms with Crippen LogP contribution in [0.3, 0.4) is 0 Å². The number of fused-ring (bicyclic) bond motifs is 10. The Morgan fingerprint density at radius 3 is 1.74 bits per heavy atom. The summed E-state index contributed by atoms with van der Waals surface area (Å²) in [6, 6.07) is 64.2. The van der Waals surface area contributed by atoms with Crippen molar-refractivity contribution in [2.24, 2.45) is 0 Å². The second-order valence-electron chi connectivity index (χ2n) is 16.0. The highest BCUT2D eigenvalue weighted by molar-refractivity contribution is 6.21. The molecule has 2 heterocycles. The Morgan fingerprint density at radius 1 is 0.386 bits per heavy atom. The van der Waals surface area contributed by atoms with Gasteiger partial charge in [-0.1, -0.05) is 159 Å². The third-order valence-corrected chi connectivity index (χ3v) is 12.6. The topological polar surface area (TPSA) is 26.3 Å². The molecular formula is C55H36O2. The molecule has 0 saturated carbocycles. The molecule has 268 valence electrons. The summed E-state index contributed by atoms with van der Waals surface area (Å²) in [6.45, 7) is 4.70. The van der Waals surface area contributed by atoms with Gasteiger partial charge in [0.05, 0.1) is 6.26 Å². The zero-order valence-corrected chi connectivity index (χ0v) is 31.6. The van der Waals surface area contributed by atoms with Gasteiger partial charge in [-0.2, -0.15) is 0 Å². The Balaban J connectivity index is 1.01. The molecule has 0 atom stereocenters. The zero-order chi connectivity index (χ0) is 37.8. The number of hydrogen-bond acceptors (Lipinski definition) is 2. The average molecular weight is 729 g/mol. The Labute approximate surface area is 330 Å². The lowest BCUT2D eigenvalue weighted by Crippen LogP contribution is -2.14. The van der Waals surface area contributed by atoms with Gasteiger partial charge in [0.2, 0.25) is 0 Å². The minimum absolute atomic E-state index is 0.120. The first kappa shape index (κ1) is 32.1. The third kappa shape index (κ3) is 4.65. The largest absolute Gasteiger partial charge is 0.464 e. The molecule has 0 fully saturated rings. The molecule has 0 radical (unpaired) electrons. The lowest BCUT2D eigenvalue weighted by Gasteiger charge is -2.21. The van der Waals surface area contributed by atoms with Crippen molar-refractivity contribution in [1.29, 1.82) is 0 Å². The van der Waals surface area contributed by atoms with Crippen LogP contribution < -0.4 is 0 Å². The Kier molecular flexibility index (Phi) is 6.72. The Hall–Kier alpha value is -7.16. The number of para-hydroxylation sites is 2. The van der Waals surface area contributed by atoms with Crippen LogP contribution in [0.25, 0.3) is 110 Å². The summed E-state index contributed by atoms with van der Waals surface area (Å²) in [4.78, 5) is 0. The van der Waals surface area contributed by atoms with E-state index in [1.807, 2.05) is 6.07 Å². The zero-order valence-electron chi connectivity index (χ0n) is 31.6. The monoisotopic (exact) mass is 728 g/mol. The maximum atomic E-state index is 6.38. The SMILES string of the molecule is CC1(C)c2ccc(-c3cccc(-c4c5ccccc5c(-c5ccc(-c6cccc7ccoc67)cc5)c5ccccc45)c3)cc2-c2c1ccc1oc3ccccc3c21. The van der Waals surface area contributed by atoms with Crippen molar-refractivity contribution in [3.05, 3.63) is 193 Å². The molecule has 1 aliphatic carbocycles. The smallest absolute Gasteiger partial charge is 0.141 e. The number of furan rings is 2. The van der Waals surface area contributed by atoms with Crippen LogP contribution in [0.5, 0.6) is 0 Å². The van der Waals surface area contributed by atoms with E-state index in [4.69, 9.17) is 8.83 Å². The maximum Gasteiger partial charge on any atom is 0.141 e. The summed E-state index contributed by atoms with van der Waals surface area (Å²) in [5.74, 6) is 0. The highest BCUT2D eigenvalue weighted by Crippen LogP contribution is 2.54. The van der Waals surface area contributed by atoms with Gasteiger partial charge in [-0.15, -0.1) is 0 Å². The average Bonchev–Trinajstić information content (AvgIpc) is 3.96. The van der Waals surface area contributed by atoms with Crippen molar-refractivity contribution in [1.82, 2.24) is 0 Å². The summed E-state index contributed by atoms with van der Waals surface area (Å²) in [7, 11) is 0. The molecular weight excluding hydrogens is 693 g/mol. The van der Waals surface area contributed by atoms with E-state index in [0.717, 1.165) is 33.3 Å². The van der Waals surface area contributed by atoms with Crippen molar-refractivity contribution < 1.29 is 8.83 Å². The molecule has 1 aliphatic rings. The molecule has 0 N–H and O–H groups in total. The highest BCUT2D eigenvalue weighted by Gasteiger charge is 2.37. The standard InChI is InChI=1S/C55H36O2/c1-55(2)46-26-25-37(32-45(46)52-47(55)27-28-49-53(52)44-18-7-8-20-48(44)57-49)36-12-9-13-38(31-36)51-42-16-5-3-14-40(42)50(41-15-4-6-17-43(41)51)34-23-21-33(22-24-34)39-19-10-11-35-29-30-56-54(35)39/h3-32H,1-2H3. The van der Waals surface area contributed by atoms with Crippen LogP contribution in [0.1, 0.15) is 25.0 Å². The quantitative estimate of drug-likeness (QED) is 0.169. The molecule has 2 aromatic heterocycles. The molecule has 0 amide bonds. The van der Waals surface area contributed by atoms with Crippen LogP contribution >= 0.6 is 0 Å². The van der Waals surface area contributed by atoms with E-state index in [1.54, 1.807) is 6.26 Å². The van der Waals surface area contributed by atoms with E-state index in [-0.39, 0.29) is 5.41 Å². The van der Waals surface area contributed by atoms with Crippen LogP contribution in [0.4, 0.5) is 0 Å². The van der Waals surface area contributed by atoms with Crippen LogP contribution in [0, 0.1) is 0 Å². The second kappa shape index (κ2) is 11.9. The van der Waals surface area contributed by atoms with Gasteiger partial charge in [-0.05, 0) is 113 Å². The van der Waals surface area contributed by atoms with Crippen LogP contribution in [0.15, 0.2) is 191 Å². The fourth-order valence-electron chi connectivity index (χ4n) is 9.88. The van der Waals surface area contributed by atoms with Gasteiger partial charge in [0.25, 0.3) is 0 Å². The van der Waals surface area contributed by atoms with Gasteiger partial charge in [-0.25, -0.2) is 0 Å². The van der Waals surface area contributed by atoms with Gasteiger partial charge in [-0.3, -0.25) is 0 Å². The molecule has 0 bridgehead atoms. The first-order valence-corrected chi connectivity index (χ1v) is 19.7. The summed E-state index contributed by atoms with van der Waals surface area (Å²) < 4.78 is 12.3. The van der Waals surface area contributed by atoms with E-state index < -0.39 is 0 Å². The predicted octanol–water partition coefficient (Wildman–Crippen LogP) is 15.6. The molecule has 2 heteroatoms. The summed E-state index contributed by atoms with van der Waals surface area (Å²) in [6.07, 6.45) is 1.77. The molecule has 2 nitrogen and oxygen atoms in total. The molecule has 0 spiro atoms. The van der Waals surface area contributed by atoms with E-state index in [9.17, 15) is 0 Å². The van der Waals surface area contributed by atoms with E-state index in [1.165, 1.54) is 88.0 Å². The lowest BCUT2D eigenvalue weighted by molar-refractivity contribution is 0.617. The molecule has 57 heavy (non-hydrogen) atoms. The van der Waals surface area contributed by atoms with Crippen molar-refractivity contribution >= 4 is 54.5 Å². The third-order valence-electron chi connectivity index (χ3n) is 12.6. The first-order chi connectivity index (χ1) is 28.0. The molecule has 0 aliphatic heterocycles. The Bertz CT molecular complexity index is 3370. The summed E-state index contributed by atoms with van der Waals surface area (Å²) in [5.41, 5.74) is 17.5. The van der Waals surface area contributed by atoms with Crippen LogP contribution in [0.2, 0.25) is 0 Å². The van der Waals surface area contributed by atoms with Crippen LogP contribution in [-0.4, -0.2) is 0 Å². The van der Waals surface area contributed by atoms with Gasteiger partial charge in [0.15, 0.2) is 0 Å². The van der Waals surface area contributed by atoms with Crippen molar-refractivity contribution in [2.75, 3.05) is 0 Å². The lowest BCUT2D eigenvalue weighted by atomic mass is 9.82. The van der Waals surface area contributed by atoms with Gasteiger partial charge in [0, 0.05) is 27.1 Å². The highest BCUT2D eigenvalue weighted by atomic mass is 16.3. The van der Waals surface area contributed by atoms with Crippen molar-refractivity contribution in [2.45, 2.75) is 19.3 Å². The molecule has 11 aromatic rings. The van der Waals surface area contributed by atoms with E-state index >= 15 is 0 Å². The second-order valence-corrected chi connectivity index (χ2v) is 16.0. The van der Waals surface area contributed by atoms with Crippen molar-refractivity contribution in [3.8, 4) is 55.6 Å². The van der Waals surface area contributed by atoms with Gasteiger partial charge >= 0.3 is 0 Å². The molecule has 0 saturated heterocycles. The fourth-order valence-corrected chi connectivity index (χ4v) is 9.88. The fraction of sp³-hybridized carbons (Fsp3) is 0.0545. The minimum Gasteiger partial charge on any atom is -0.464 e. The Morgan fingerprint density at radius 2 is 0.982 bits per heavy atom. The van der Waals surface area contributed by atoms with Gasteiger partial charge < -0.3 is 8.83 Å². The van der Waals surface area contributed by atoms with Gasteiger partial charge in [0.1, 0.15) is 16.7 Å². The number of benzene rings is 9. The first-order valence-electron chi connectivity index (χ1n) is 19.7. The van der Waals surface area contributed by atoms with Crippen LogP contribution in [-0.2, 0) is 5.41 Å². The minimum atomic E-state index is -0.120. The summed E-state index contributed by atoms with van der Waals surface area (Å²) >= 11 is 0. The molecule has 0 unspecified atom stereocenters. The van der Waals surface area contributed by atoms with E-state index in [2.05, 4.69) is 184 Å². The maximum absolute atomic E-state index is 6.38. The van der Waals surface area contributed by atoms with Crippen molar-refractivity contribution in [3.63, 3.8) is 0 Å². The predicted molar refractivity (Wildman–Crippen MR) is 238 cm³/mol. The molecule has 12 rings (SSSR count).